The van der Waals surface area contributed by atoms with E-state index in [1.807, 2.05) is 0 Å². The molecule has 0 aliphatic carbocycles. The average molecular weight is 348 g/mol. The van der Waals surface area contributed by atoms with Crippen molar-refractivity contribution in [3.63, 3.8) is 0 Å². The summed E-state index contributed by atoms with van der Waals surface area (Å²) in [5.41, 5.74) is 0.0564. The molecule has 0 aliphatic rings. The SMILES string of the molecule is CC(C)(C)S(=O)(=O)NCCCCC(=O)Nc1cc(F)cc(F)c1. The molecular formula is C15H22F2N2O3S. The van der Waals surface area contributed by atoms with E-state index in [-0.39, 0.29) is 24.6 Å². The van der Waals surface area contributed by atoms with E-state index in [9.17, 15) is 22.0 Å². The summed E-state index contributed by atoms with van der Waals surface area (Å²) in [5.74, 6) is -1.91. The lowest BCUT2D eigenvalue weighted by molar-refractivity contribution is -0.116. The average Bonchev–Trinajstić information content (AvgIpc) is 2.35. The molecule has 1 rings (SSSR count). The van der Waals surface area contributed by atoms with Gasteiger partial charge in [-0.3, -0.25) is 4.79 Å². The van der Waals surface area contributed by atoms with Gasteiger partial charge in [-0.1, -0.05) is 0 Å². The lowest BCUT2D eigenvalue weighted by Gasteiger charge is -2.19. The van der Waals surface area contributed by atoms with Crippen LogP contribution in [0.5, 0.6) is 0 Å². The van der Waals surface area contributed by atoms with E-state index >= 15 is 0 Å². The monoisotopic (exact) mass is 348 g/mol. The summed E-state index contributed by atoms with van der Waals surface area (Å²) in [6.45, 7) is 5.03. The van der Waals surface area contributed by atoms with Crippen LogP contribution < -0.4 is 10.0 Å². The van der Waals surface area contributed by atoms with Gasteiger partial charge in [0.05, 0.1) is 4.75 Å². The molecule has 0 radical (unpaired) electrons. The van der Waals surface area contributed by atoms with Gasteiger partial charge >= 0.3 is 0 Å². The van der Waals surface area contributed by atoms with Gasteiger partial charge in [-0.15, -0.1) is 0 Å². The molecule has 0 saturated carbocycles. The zero-order valence-corrected chi connectivity index (χ0v) is 14.3. The van der Waals surface area contributed by atoms with Crippen molar-refractivity contribution in [1.82, 2.24) is 4.72 Å². The smallest absolute Gasteiger partial charge is 0.224 e. The Kier molecular flexibility index (Phi) is 6.64. The predicted molar refractivity (Wildman–Crippen MR) is 85.5 cm³/mol. The van der Waals surface area contributed by atoms with Crippen molar-refractivity contribution < 1.29 is 22.0 Å². The van der Waals surface area contributed by atoms with Crippen LogP contribution in [0.4, 0.5) is 14.5 Å². The number of nitrogens with one attached hydrogen (secondary N) is 2. The molecule has 2 N–H and O–H groups in total. The van der Waals surface area contributed by atoms with E-state index in [0.717, 1.165) is 18.2 Å². The molecule has 5 nitrogen and oxygen atoms in total. The van der Waals surface area contributed by atoms with Crippen LogP contribution in [0.3, 0.4) is 0 Å². The van der Waals surface area contributed by atoms with Crippen molar-refractivity contribution in [1.29, 1.82) is 0 Å². The maximum absolute atomic E-state index is 13.0. The highest BCUT2D eigenvalue weighted by molar-refractivity contribution is 7.90. The van der Waals surface area contributed by atoms with Crippen molar-refractivity contribution in [2.24, 2.45) is 0 Å². The second-order valence-corrected chi connectivity index (χ2v) is 8.69. The van der Waals surface area contributed by atoms with Gasteiger partial charge in [0.15, 0.2) is 0 Å². The second-order valence-electron chi connectivity index (χ2n) is 6.17. The Bertz CT molecular complexity index is 635. The van der Waals surface area contributed by atoms with Crippen molar-refractivity contribution in [3.8, 4) is 0 Å². The molecule has 0 bridgehead atoms. The molecule has 0 fully saturated rings. The Morgan fingerprint density at radius 2 is 1.65 bits per heavy atom. The van der Waals surface area contributed by atoms with E-state index in [4.69, 9.17) is 0 Å². The summed E-state index contributed by atoms with van der Waals surface area (Å²) in [6, 6.07) is 2.77. The zero-order valence-electron chi connectivity index (χ0n) is 13.4. The molecule has 8 heteroatoms. The number of amides is 1. The number of halogens is 2. The first-order chi connectivity index (χ1) is 10.5. The fourth-order valence-corrected chi connectivity index (χ4v) is 2.53. The Balaban J connectivity index is 2.32. The van der Waals surface area contributed by atoms with E-state index in [0.29, 0.717) is 12.8 Å². The van der Waals surface area contributed by atoms with Crippen LogP contribution in [0.1, 0.15) is 40.0 Å². The standard InChI is InChI=1S/C15H22F2N2O3S/c1-15(2,3)23(21,22)18-7-5-4-6-14(20)19-13-9-11(16)8-12(17)10-13/h8-10,18H,4-7H2,1-3H3,(H,19,20). The first-order valence-electron chi connectivity index (χ1n) is 7.26. The maximum atomic E-state index is 13.0. The van der Waals surface area contributed by atoms with Gasteiger partial charge in [0.1, 0.15) is 11.6 Å². The van der Waals surface area contributed by atoms with Gasteiger partial charge in [-0.05, 0) is 45.7 Å². The predicted octanol–water partition coefficient (Wildman–Crippen LogP) is 2.79. The lowest BCUT2D eigenvalue weighted by atomic mass is 10.2. The van der Waals surface area contributed by atoms with Gasteiger partial charge in [0.25, 0.3) is 0 Å². The number of benzene rings is 1. The first-order valence-corrected chi connectivity index (χ1v) is 8.75. The zero-order chi connectivity index (χ0) is 17.7. The first kappa shape index (κ1) is 19.5. The summed E-state index contributed by atoms with van der Waals surface area (Å²) >= 11 is 0. The molecule has 0 saturated heterocycles. The van der Waals surface area contributed by atoms with Gasteiger partial charge < -0.3 is 5.32 Å². The summed E-state index contributed by atoms with van der Waals surface area (Å²) in [5, 5.41) is 2.40. The minimum absolute atomic E-state index is 0.0564. The molecule has 1 aromatic rings. The topological polar surface area (TPSA) is 75.3 Å². The molecule has 23 heavy (non-hydrogen) atoms. The third-order valence-electron chi connectivity index (χ3n) is 3.08. The number of sulfonamides is 1. The fourth-order valence-electron chi connectivity index (χ4n) is 1.68. The van der Waals surface area contributed by atoms with Crippen molar-refractivity contribution in [2.75, 3.05) is 11.9 Å². The largest absolute Gasteiger partial charge is 0.326 e. The molecule has 1 amide bonds. The van der Waals surface area contributed by atoms with Crippen LogP contribution >= 0.6 is 0 Å². The lowest BCUT2D eigenvalue weighted by Crippen LogP contribution is -2.39. The number of hydrogen-bond donors (Lipinski definition) is 2. The number of carbonyl (C=O) groups is 1. The summed E-state index contributed by atoms with van der Waals surface area (Å²) in [6.07, 6.45) is 1.08. The highest BCUT2D eigenvalue weighted by Gasteiger charge is 2.27. The van der Waals surface area contributed by atoms with E-state index in [1.165, 1.54) is 0 Å². The fraction of sp³-hybridized carbons (Fsp3) is 0.533. The maximum Gasteiger partial charge on any atom is 0.224 e. The molecule has 0 unspecified atom stereocenters. The van der Waals surface area contributed by atoms with Crippen LogP contribution in [0, 0.1) is 11.6 Å². The van der Waals surface area contributed by atoms with Gasteiger partial charge in [-0.25, -0.2) is 21.9 Å². The molecule has 0 aromatic heterocycles. The Morgan fingerprint density at radius 3 is 2.17 bits per heavy atom. The second kappa shape index (κ2) is 7.83. The Morgan fingerprint density at radius 1 is 1.09 bits per heavy atom. The third-order valence-corrected chi connectivity index (χ3v) is 5.27. The molecule has 1 aromatic carbocycles. The quantitative estimate of drug-likeness (QED) is 0.744. The van der Waals surface area contributed by atoms with E-state index in [1.54, 1.807) is 20.8 Å². The molecule has 130 valence electrons. The van der Waals surface area contributed by atoms with Gasteiger partial charge in [-0.2, -0.15) is 0 Å². The van der Waals surface area contributed by atoms with E-state index in [2.05, 4.69) is 10.0 Å². The summed E-state index contributed by atoms with van der Waals surface area (Å²) in [7, 11) is -3.39. The van der Waals surface area contributed by atoms with Gasteiger partial charge in [0, 0.05) is 24.7 Å². The number of unbranched alkanes of at least 4 members (excludes halogenated alkanes) is 1. The summed E-state index contributed by atoms with van der Waals surface area (Å²) < 4.78 is 51.1. The highest BCUT2D eigenvalue weighted by atomic mass is 32.2. The number of hydrogen-bond acceptors (Lipinski definition) is 3. The molecule has 0 heterocycles. The van der Waals surface area contributed by atoms with E-state index < -0.39 is 26.4 Å². The van der Waals surface area contributed by atoms with Crippen LogP contribution in [0.25, 0.3) is 0 Å². The number of anilines is 1. The number of rotatable bonds is 7. The van der Waals surface area contributed by atoms with Crippen molar-refractivity contribution >= 4 is 21.6 Å². The molecule has 0 atom stereocenters. The molecular weight excluding hydrogens is 326 g/mol. The van der Waals surface area contributed by atoms with Gasteiger partial charge in [0.2, 0.25) is 15.9 Å². The van der Waals surface area contributed by atoms with Crippen LogP contribution in [-0.2, 0) is 14.8 Å². The number of carbonyl (C=O) groups excluding carboxylic acids is 1. The molecule has 0 spiro atoms. The van der Waals surface area contributed by atoms with Crippen LogP contribution in [0.2, 0.25) is 0 Å². The van der Waals surface area contributed by atoms with Crippen LogP contribution in [-0.4, -0.2) is 25.6 Å². The van der Waals surface area contributed by atoms with Crippen molar-refractivity contribution in [2.45, 2.75) is 44.8 Å². The highest BCUT2D eigenvalue weighted by Crippen LogP contribution is 2.14. The Labute approximate surface area is 135 Å². The van der Waals surface area contributed by atoms with Crippen molar-refractivity contribution in [3.05, 3.63) is 29.8 Å². The minimum Gasteiger partial charge on any atom is -0.326 e. The van der Waals surface area contributed by atoms with Crippen LogP contribution in [0.15, 0.2) is 18.2 Å². The Hall–Kier alpha value is -1.54. The summed E-state index contributed by atoms with van der Waals surface area (Å²) in [4.78, 5) is 11.7. The third kappa shape index (κ3) is 6.62. The normalized spacial score (nSPS) is 12.2. The molecule has 0 aliphatic heterocycles. The minimum atomic E-state index is -3.39.